The lowest BCUT2D eigenvalue weighted by Crippen LogP contribution is -2.28. The smallest absolute Gasteiger partial charge is 0.144 e. The van der Waals surface area contributed by atoms with Crippen molar-refractivity contribution in [2.24, 2.45) is 0 Å². The maximum absolute atomic E-state index is 12.3. The van der Waals surface area contributed by atoms with Crippen molar-refractivity contribution in [2.75, 3.05) is 65.4 Å². The maximum atomic E-state index is 12.3. The summed E-state index contributed by atoms with van der Waals surface area (Å²) >= 11 is 1.62. The number of anilines is 1. The van der Waals surface area contributed by atoms with E-state index in [1.165, 1.54) is 23.5 Å². The van der Waals surface area contributed by atoms with Gasteiger partial charge in [-0.1, -0.05) is 36.4 Å². The summed E-state index contributed by atoms with van der Waals surface area (Å²) < 4.78 is 11.6. The Hall–Kier alpha value is -1.97. The van der Waals surface area contributed by atoms with Crippen molar-refractivity contribution < 1.29 is 14.3 Å². The number of hydrogen-bond acceptors (Lipinski definition) is 7. The average Bonchev–Trinajstić information content (AvgIpc) is 2.81. The highest BCUT2D eigenvalue weighted by Crippen LogP contribution is 2.23. The number of thioether (sulfide) groups is 1. The predicted molar refractivity (Wildman–Crippen MR) is 160 cm³/mol. The first-order valence-electron chi connectivity index (χ1n) is 12.8. The first-order chi connectivity index (χ1) is 17.5. The fourth-order valence-electron chi connectivity index (χ4n) is 3.38. The third kappa shape index (κ3) is 18.9. The number of carbonyl (C=O) groups excluding carboxylic acids is 1. The van der Waals surface area contributed by atoms with Gasteiger partial charge >= 0.3 is 0 Å². The average molecular weight is 537 g/mol. The second kappa shape index (κ2) is 21.0. The van der Waals surface area contributed by atoms with Crippen LogP contribution in [0.3, 0.4) is 0 Å². The highest BCUT2D eigenvalue weighted by Gasteiger charge is 2.15. The molecule has 0 spiro atoms. The molecule has 1 aromatic rings. The fraction of sp³-hybridized carbons (Fsp3) is 0.552. The van der Waals surface area contributed by atoms with Gasteiger partial charge in [-0.3, -0.25) is 9.69 Å². The molecule has 2 atom stereocenters. The first-order valence-corrected chi connectivity index (χ1v) is 13.8. The van der Waals surface area contributed by atoms with Crippen molar-refractivity contribution in [3.8, 4) is 0 Å². The molecule has 0 bridgehead atoms. The van der Waals surface area contributed by atoms with Crippen LogP contribution in [0.2, 0.25) is 0 Å². The molecule has 4 N–H and O–H groups in total. The minimum Gasteiger partial charge on any atom is -0.399 e. The van der Waals surface area contributed by atoms with Crippen LogP contribution in [0.25, 0.3) is 0 Å². The monoisotopic (exact) mass is 536 g/mol. The molecule has 8 heteroatoms. The Morgan fingerprint density at radius 1 is 1.22 bits per heavy atom. The van der Waals surface area contributed by atoms with E-state index < -0.39 is 12.3 Å². The normalized spacial score (nSPS) is 14.1. The van der Waals surface area contributed by atoms with Gasteiger partial charge < -0.3 is 21.1 Å². The molecule has 210 valence electrons. The predicted octanol–water partition coefficient (Wildman–Crippen LogP) is 4.85. The van der Waals surface area contributed by atoms with E-state index in [1.807, 2.05) is 64.5 Å². The lowest BCUT2D eigenvalue weighted by Gasteiger charge is -2.24. The van der Waals surface area contributed by atoms with E-state index in [0.717, 1.165) is 18.7 Å². The number of alkyl halides is 1. The number of allylic oxidation sites excluding steroid dienone is 3. The number of nitrogens with zero attached hydrogens (tertiary/aromatic N) is 2. The molecule has 0 aromatic heterocycles. The number of likely N-dealkylation sites (N-methyl/N-ethyl adjacent to an activating group) is 2. The van der Waals surface area contributed by atoms with Crippen LogP contribution in [-0.4, -0.2) is 86.5 Å². The molecule has 0 aliphatic heterocycles. The van der Waals surface area contributed by atoms with Crippen LogP contribution in [-0.2, 0) is 4.79 Å². The van der Waals surface area contributed by atoms with Gasteiger partial charge in [-0.2, -0.15) is 0 Å². The molecule has 0 saturated heterocycles. The molecule has 37 heavy (non-hydrogen) atoms. The summed E-state index contributed by atoms with van der Waals surface area (Å²) in [6, 6.07) is 7.37. The second-order valence-electron chi connectivity index (χ2n) is 9.38. The number of nitrogen functional groups attached to an aromatic ring is 1. The Labute approximate surface area is 228 Å². The van der Waals surface area contributed by atoms with Gasteiger partial charge in [0.05, 0.1) is 11.9 Å². The molecule has 0 saturated carbocycles. The van der Waals surface area contributed by atoms with Crippen LogP contribution in [0.4, 0.5) is 10.1 Å². The fourth-order valence-corrected chi connectivity index (χ4v) is 4.48. The summed E-state index contributed by atoms with van der Waals surface area (Å²) in [5, 5.41) is 13.8. The van der Waals surface area contributed by atoms with Crippen LogP contribution in [0.15, 0.2) is 59.0 Å². The summed E-state index contributed by atoms with van der Waals surface area (Å²) in [7, 11) is 6.08. The zero-order chi connectivity index (χ0) is 28.2. The number of ketones is 1. The van der Waals surface area contributed by atoms with Gasteiger partial charge in [0.25, 0.3) is 0 Å². The van der Waals surface area contributed by atoms with Crippen LogP contribution in [0.5, 0.6) is 0 Å². The number of aliphatic hydroxyl groups excluding tert-OH is 1. The third-order valence-electron chi connectivity index (χ3n) is 5.17. The van der Waals surface area contributed by atoms with Gasteiger partial charge in [0.2, 0.25) is 0 Å². The number of aliphatic hydroxyl groups is 1. The van der Waals surface area contributed by atoms with Crippen LogP contribution >= 0.6 is 11.8 Å². The lowest BCUT2D eigenvalue weighted by molar-refractivity contribution is -0.116. The van der Waals surface area contributed by atoms with Crippen molar-refractivity contribution >= 4 is 23.2 Å². The molecule has 0 amide bonds. The molecule has 6 nitrogen and oxygen atoms in total. The largest absolute Gasteiger partial charge is 0.399 e. The van der Waals surface area contributed by atoms with Crippen molar-refractivity contribution in [1.82, 2.24) is 15.1 Å². The molecule has 0 radical (unpaired) electrons. The summed E-state index contributed by atoms with van der Waals surface area (Å²) in [5.41, 5.74) is 8.55. The van der Waals surface area contributed by atoms with Crippen LogP contribution in [0.1, 0.15) is 45.8 Å². The zero-order valence-corrected chi connectivity index (χ0v) is 24.7. The minimum absolute atomic E-state index is 0.246. The zero-order valence-electron chi connectivity index (χ0n) is 23.8. The maximum Gasteiger partial charge on any atom is 0.144 e. The number of Topliss-reactive ketones (excluding diaryl/α,β-unsaturated/α-hetero) is 1. The highest BCUT2D eigenvalue weighted by atomic mass is 32.2. The number of nitrogens with one attached hydrogen (secondary N) is 1. The first kappa shape index (κ1) is 35.0. The van der Waals surface area contributed by atoms with Crippen LogP contribution in [0, 0.1) is 0 Å². The van der Waals surface area contributed by atoms with E-state index >= 15 is 0 Å². The third-order valence-corrected chi connectivity index (χ3v) is 6.46. The number of carbonyl (C=O) groups is 1. The number of hydrogen-bond donors (Lipinski definition) is 3. The van der Waals surface area contributed by atoms with E-state index in [9.17, 15) is 14.3 Å². The molecule has 0 aliphatic rings. The Bertz CT molecular complexity index is 856. The molecule has 0 heterocycles. The minimum atomic E-state index is -0.782. The molecular weight excluding hydrogens is 487 g/mol. The Kier molecular flexibility index (Phi) is 19.9. The summed E-state index contributed by atoms with van der Waals surface area (Å²) in [4.78, 5) is 17.7. The van der Waals surface area contributed by atoms with E-state index in [1.54, 1.807) is 24.8 Å². The lowest BCUT2D eigenvalue weighted by atomic mass is 10.1. The number of halogens is 1. The van der Waals surface area contributed by atoms with Crippen molar-refractivity contribution in [2.45, 2.75) is 46.4 Å². The van der Waals surface area contributed by atoms with Gasteiger partial charge in [-0.05, 0) is 77.0 Å². The SMILES string of the molecule is C/C=C/CNCCC(=O)CS/C(CN(C)CC(O)c1cccc(N)c1)=C(/C)CN(C)C.C/C=C\C(C)F. The summed E-state index contributed by atoms with van der Waals surface area (Å²) in [6.45, 7) is 10.9. The second-order valence-corrected chi connectivity index (χ2v) is 10.4. The number of benzene rings is 1. The summed E-state index contributed by atoms with van der Waals surface area (Å²) in [5.74, 6) is 0.715. The Balaban J connectivity index is 0.00000192. The number of rotatable bonds is 16. The van der Waals surface area contributed by atoms with Crippen LogP contribution < -0.4 is 11.1 Å². The van der Waals surface area contributed by atoms with Gasteiger partial charge in [-0.15, -0.1) is 11.8 Å². The summed E-state index contributed by atoms with van der Waals surface area (Å²) in [6.07, 6.45) is 6.38. The van der Waals surface area contributed by atoms with Gasteiger partial charge in [0.15, 0.2) is 0 Å². The van der Waals surface area contributed by atoms with Gasteiger partial charge in [0, 0.05) is 44.8 Å². The van der Waals surface area contributed by atoms with E-state index in [2.05, 4.69) is 22.0 Å². The van der Waals surface area contributed by atoms with E-state index in [0.29, 0.717) is 37.5 Å². The highest BCUT2D eigenvalue weighted by molar-refractivity contribution is 8.03. The Morgan fingerprint density at radius 2 is 1.92 bits per heavy atom. The molecular formula is C29H49FN4O2S. The van der Waals surface area contributed by atoms with Gasteiger partial charge in [0.1, 0.15) is 12.0 Å². The molecule has 2 unspecified atom stereocenters. The van der Waals surface area contributed by atoms with Gasteiger partial charge in [-0.25, -0.2) is 4.39 Å². The Morgan fingerprint density at radius 3 is 2.46 bits per heavy atom. The molecule has 0 fully saturated rings. The quantitative estimate of drug-likeness (QED) is 0.158. The van der Waals surface area contributed by atoms with Crippen molar-refractivity contribution in [1.29, 1.82) is 0 Å². The van der Waals surface area contributed by atoms with Crippen molar-refractivity contribution in [3.63, 3.8) is 0 Å². The molecule has 1 aromatic carbocycles. The van der Waals surface area contributed by atoms with E-state index in [-0.39, 0.29) is 5.78 Å². The van der Waals surface area contributed by atoms with E-state index in [4.69, 9.17) is 5.73 Å². The standard InChI is InChI=1S/C24H40N4O2S.C5H9F/c1-6-7-12-26-13-11-22(29)18-31-24(19(2)15-27(3)4)17-28(5)16-23(30)20-9-8-10-21(25)14-20;1-3-4-5(2)6/h6-10,14,23,26,30H,11-13,15-18,25H2,1-5H3;3-5H,1-2H3/b7-6+,24-19-;4-3-. The molecule has 0 aliphatic carbocycles. The number of nitrogens with two attached hydrogens (primary N) is 1. The van der Waals surface area contributed by atoms with Crippen molar-refractivity contribution in [3.05, 3.63) is 64.6 Å². The topological polar surface area (TPSA) is 81.8 Å². The molecule has 1 rings (SSSR count).